The van der Waals surface area contributed by atoms with Gasteiger partial charge in [-0.05, 0) is 24.3 Å². The number of carbonyl (C=O) groups excluding carboxylic acids is 1. The van der Waals surface area contributed by atoms with Crippen LogP contribution in [-0.2, 0) is 11.3 Å². The summed E-state index contributed by atoms with van der Waals surface area (Å²) in [5.74, 6) is 0.949. The van der Waals surface area contributed by atoms with Gasteiger partial charge in [-0.3, -0.25) is 9.89 Å². The Balaban J connectivity index is 1.60. The second-order valence-electron chi connectivity index (χ2n) is 5.91. The lowest BCUT2D eigenvalue weighted by Crippen LogP contribution is -2.53. The molecule has 0 saturated carbocycles. The summed E-state index contributed by atoms with van der Waals surface area (Å²) in [5, 5.41) is 2.66. The van der Waals surface area contributed by atoms with Crippen molar-refractivity contribution in [3.63, 3.8) is 0 Å². The van der Waals surface area contributed by atoms with E-state index < -0.39 is 0 Å². The molecule has 0 spiro atoms. The lowest BCUT2D eigenvalue weighted by Gasteiger charge is -2.36. The molecule has 9 nitrogen and oxygen atoms in total. The van der Waals surface area contributed by atoms with E-state index in [-0.39, 0.29) is 18.1 Å². The number of hydrogen-bond acceptors (Lipinski definition) is 7. The van der Waals surface area contributed by atoms with E-state index in [0.29, 0.717) is 25.4 Å². The van der Waals surface area contributed by atoms with E-state index in [1.165, 1.54) is 0 Å². The van der Waals surface area contributed by atoms with Gasteiger partial charge in [0.15, 0.2) is 0 Å². The molecule has 0 bridgehead atoms. The summed E-state index contributed by atoms with van der Waals surface area (Å²) in [6.07, 6.45) is 8.94. The van der Waals surface area contributed by atoms with Gasteiger partial charge in [0.1, 0.15) is 18.5 Å². The average molecular weight is 357 g/mol. The molecule has 3 N–H and O–H groups in total. The number of urea groups is 1. The van der Waals surface area contributed by atoms with Gasteiger partial charge >= 0.3 is 6.03 Å². The van der Waals surface area contributed by atoms with Crippen molar-refractivity contribution < 1.29 is 9.53 Å². The van der Waals surface area contributed by atoms with Crippen molar-refractivity contribution in [1.29, 1.82) is 0 Å². The van der Waals surface area contributed by atoms with E-state index in [9.17, 15) is 4.79 Å². The summed E-state index contributed by atoms with van der Waals surface area (Å²) in [6.45, 7) is 3.15. The summed E-state index contributed by atoms with van der Waals surface area (Å²) < 4.78 is 5.85. The molecule has 9 heteroatoms. The number of nitrogens with zero attached hydrogens (tertiary/aromatic N) is 5. The van der Waals surface area contributed by atoms with E-state index in [0.717, 1.165) is 18.8 Å². The van der Waals surface area contributed by atoms with Crippen molar-refractivity contribution >= 4 is 18.2 Å². The zero-order valence-corrected chi connectivity index (χ0v) is 14.7. The summed E-state index contributed by atoms with van der Waals surface area (Å²) in [6, 6.07) is 1.72. The Morgan fingerprint density at radius 1 is 1.38 bits per heavy atom. The van der Waals surface area contributed by atoms with Crippen molar-refractivity contribution in [3.8, 4) is 0 Å². The molecule has 138 valence electrons. The van der Waals surface area contributed by atoms with Gasteiger partial charge in [0, 0.05) is 45.6 Å². The van der Waals surface area contributed by atoms with Gasteiger partial charge in [-0.25, -0.2) is 14.8 Å². The molecule has 0 radical (unpaired) electrons. The molecule has 26 heavy (non-hydrogen) atoms. The normalized spacial score (nSPS) is 20.4. The first-order valence-corrected chi connectivity index (χ1v) is 8.48. The van der Waals surface area contributed by atoms with Crippen LogP contribution in [0.1, 0.15) is 5.69 Å². The van der Waals surface area contributed by atoms with Gasteiger partial charge in [-0.15, -0.1) is 0 Å². The highest BCUT2D eigenvalue weighted by Crippen LogP contribution is 2.15. The van der Waals surface area contributed by atoms with E-state index in [4.69, 9.17) is 10.5 Å². The minimum absolute atomic E-state index is 0.0422. The van der Waals surface area contributed by atoms with Gasteiger partial charge < -0.3 is 20.7 Å². The summed E-state index contributed by atoms with van der Waals surface area (Å²) in [4.78, 5) is 28.3. The van der Waals surface area contributed by atoms with Crippen LogP contribution in [-0.4, -0.2) is 71.4 Å². The number of aromatic nitrogens is 2. The standard InChI is InChI=1S/C17H23N7O2/c1-19-17(25)24-9-7-23(8-10-24)15-11-14(3-2-5-20-15)26-12-13-4-6-21-16(18)22-13/h2-6,11,15H,7-10,12H2,1H3,(H,19,25)(H2,18,21,22). The number of aliphatic imine (C=N–C) groups is 1. The van der Waals surface area contributed by atoms with Crippen LogP contribution in [0.15, 0.2) is 41.2 Å². The van der Waals surface area contributed by atoms with Crippen molar-refractivity contribution in [1.82, 2.24) is 25.1 Å². The molecule has 2 aliphatic rings. The monoisotopic (exact) mass is 357 g/mol. The van der Waals surface area contributed by atoms with Crippen molar-refractivity contribution in [2.24, 2.45) is 4.99 Å². The number of nitrogens with two attached hydrogens (primary N) is 1. The molecule has 3 heterocycles. The minimum Gasteiger partial charge on any atom is -0.488 e. The topological polar surface area (TPSA) is 109 Å². The molecule has 0 aromatic carbocycles. The van der Waals surface area contributed by atoms with Crippen molar-refractivity contribution in [2.75, 3.05) is 39.0 Å². The van der Waals surface area contributed by atoms with Gasteiger partial charge in [-0.2, -0.15) is 0 Å². The Hall–Kier alpha value is -2.94. The Kier molecular flexibility index (Phi) is 5.80. The lowest BCUT2D eigenvalue weighted by molar-refractivity contribution is 0.123. The van der Waals surface area contributed by atoms with Crippen LogP contribution >= 0.6 is 0 Å². The van der Waals surface area contributed by atoms with Crippen LogP contribution in [0, 0.1) is 0 Å². The number of ether oxygens (including phenoxy) is 1. The summed E-state index contributed by atoms with van der Waals surface area (Å²) >= 11 is 0. The Morgan fingerprint density at radius 2 is 2.19 bits per heavy atom. The predicted molar refractivity (Wildman–Crippen MR) is 98.3 cm³/mol. The molecule has 2 amide bonds. The van der Waals surface area contributed by atoms with Gasteiger partial charge in [-0.1, -0.05) is 0 Å². The molecule has 1 unspecified atom stereocenters. The maximum Gasteiger partial charge on any atom is 0.317 e. The second kappa shape index (κ2) is 8.43. The van der Waals surface area contributed by atoms with Crippen LogP contribution in [0.2, 0.25) is 0 Å². The highest BCUT2D eigenvalue weighted by atomic mass is 16.5. The van der Waals surface area contributed by atoms with Crippen LogP contribution in [0.3, 0.4) is 0 Å². The van der Waals surface area contributed by atoms with Crippen LogP contribution in [0.25, 0.3) is 0 Å². The third kappa shape index (κ3) is 4.57. The number of amides is 2. The quantitative estimate of drug-likeness (QED) is 0.806. The third-order valence-corrected chi connectivity index (χ3v) is 4.21. The van der Waals surface area contributed by atoms with Crippen LogP contribution < -0.4 is 11.1 Å². The zero-order valence-electron chi connectivity index (χ0n) is 14.7. The molecule has 1 aromatic rings. The number of nitrogens with one attached hydrogen (secondary N) is 1. The fraction of sp³-hybridized carbons (Fsp3) is 0.412. The predicted octanol–water partition coefficient (Wildman–Crippen LogP) is 0.383. The fourth-order valence-electron chi connectivity index (χ4n) is 2.82. The number of rotatable bonds is 4. The number of nitrogen functional groups attached to an aromatic ring is 1. The van der Waals surface area contributed by atoms with E-state index in [1.807, 2.05) is 18.2 Å². The molecule has 2 aliphatic heterocycles. The Labute approximate surface area is 152 Å². The van der Waals surface area contributed by atoms with Crippen molar-refractivity contribution in [2.45, 2.75) is 12.8 Å². The number of anilines is 1. The minimum atomic E-state index is -0.123. The van der Waals surface area contributed by atoms with E-state index in [2.05, 4.69) is 25.2 Å². The maximum atomic E-state index is 11.7. The number of hydrogen-bond donors (Lipinski definition) is 2. The smallest absolute Gasteiger partial charge is 0.317 e. The van der Waals surface area contributed by atoms with E-state index in [1.54, 1.807) is 30.4 Å². The first-order chi connectivity index (χ1) is 12.7. The molecule has 3 rings (SSSR count). The van der Waals surface area contributed by atoms with Crippen LogP contribution in [0.5, 0.6) is 0 Å². The Morgan fingerprint density at radius 3 is 2.92 bits per heavy atom. The summed E-state index contributed by atoms with van der Waals surface area (Å²) in [5.41, 5.74) is 6.30. The molecule has 1 saturated heterocycles. The van der Waals surface area contributed by atoms with Crippen LogP contribution in [0.4, 0.5) is 10.7 Å². The average Bonchev–Trinajstić information content (AvgIpc) is 2.92. The van der Waals surface area contributed by atoms with Crippen molar-refractivity contribution in [3.05, 3.63) is 41.9 Å². The van der Waals surface area contributed by atoms with E-state index >= 15 is 0 Å². The molecule has 1 atom stereocenters. The fourth-order valence-corrected chi connectivity index (χ4v) is 2.82. The largest absolute Gasteiger partial charge is 0.488 e. The first-order valence-electron chi connectivity index (χ1n) is 8.48. The molecular weight excluding hydrogens is 334 g/mol. The first kappa shape index (κ1) is 17.9. The SMILES string of the molecule is CNC(=O)N1CCN(C2C=C(OCc3ccnc(N)n3)C=CC=N2)CC1. The maximum absolute atomic E-state index is 11.7. The van der Waals surface area contributed by atoms with Gasteiger partial charge in [0.2, 0.25) is 5.95 Å². The highest BCUT2D eigenvalue weighted by molar-refractivity contribution is 5.74. The van der Waals surface area contributed by atoms with Gasteiger partial charge in [0.05, 0.1) is 5.69 Å². The zero-order chi connectivity index (χ0) is 18.4. The highest BCUT2D eigenvalue weighted by Gasteiger charge is 2.24. The molecule has 0 aliphatic carbocycles. The van der Waals surface area contributed by atoms with Gasteiger partial charge in [0.25, 0.3) is 0 Å². The number of carbonyl (C=O) groups is 1. The molecular formula is C17H23N7O2. The number of piperazine rings is 1. The molecule has 1 aromatic heterocycles. The summed E-state index contributed by atoms with van der Waals surface area (Å²) in [7, 11) is 1.65. The second-order valence-corrected chi connectivity index (χ2v) is 5.91. The number of allylic oxidation sites excluding steroid dienone is 2. The third-order valence-electron chi connectivity index (χ3n) is 4.21. The molecule has 1 fully saturated rings. The Bertz CT molecular complexity index is 724. The lowest BCUT2D eigenvalue weighted by atomic mass is 10.2.